The third-order valence-corrected chi connectivity index (χ3v) is 2.75. The number of hydrogen-bond acceptors (Lipinski definition) is 2. The number of nitrogens with one attached hydrogen (secondary N) is 1. The molecule has 0 amide bonds. The average Bonchev–Trinajstić information content (AvgIpc) is 2.33. The van der Waals surface area contributed by atoms with Crippen molar-refractivity contribution in [2.24, 2.45) is 0 Å². The van der Waals surface area contributed by atoms with E-state index in [9.17, 15) is 13.6 Å². The van der Waals surface area contributed by atoms with E-state index in [1.807, 2.05) is 6.92 Å². The van der Waals surface area contributed by atoms with Crippen LogP contribution in [0.4, 0.5) is 14.5 Å². The summed E-state index contributed by atoms with van der Waals surface area (Å²) >= 11 is 0. The molecule has 0 saturated carbocycles. The molecule has 0 radical (unpaired) electrons. The Kier molecular flexibility index (Phi) is 5.07. The molecule has 0 heterocycles. The molecule has 0 spiro atoms. The molecule has 1 rings (SSSR count). The summed E-state index contributed by atoms with van der Waals surface area (Å²) in [5.74, 6) is -2.62. The summed E-state index contributed by atoms with van der Waals surface area (Å²) in [5.41, 5.74) is -0.0861. The van der Waals surface area contributed by atoms with Gasteiger partial charge >= 0.3 is 5.97 Å². The monoisotopic (exact) mass is 257 g/mol. The highest BCUT2D eigenvalue weighted by atomic mass is 19.1. The minimum atomic E-state index is -1.11. The second kappa shape index (κ2) is 6.33. The van der Waals surface area contributed by atoms with Crippen molar-refractivity contribution in [2.45, 2.75) is 39.2 Å². The van der Waals surface area contributed by atoms with Gasteiger partial charge in [-0.1, -0.05) is 25.8 Å². The van der Waals surface area contributed by atoms with Crippen LogP contribution < -0.4 is 5.32 Å². The molecule has 0 saturated heterocycles. The minimum Gasteiger partial charge on any atom is -0.480 e. The highest BCUT2D eigenvalue weighted by molar-refractivity contribution is 5.77. The number of unbranched alkanes of at least 4 members (excludes halogenated alkanes) is 1. The molecule has 0 aliphatic rings. The number of benzene rings is 1. The molecular weight excluding hydrogens is 240 g/mol. The third-order valence-electron chi connectivity index (χ3n) is 2.75. The number of rotatable bonds is 6. The van der Waals surface area contributed by atoms with Gasteiger partial charge in [0.05, 0.1) is 0 Å². The zero-order valence-corrected chi connectivity index (χ0v) is 10.5. The Bertz CT molecular complexity index is 435. The van der Waals surface area contributed by atoms with Crippen LogP contribution in [-0.2, 0) is 4.79 Å². The van der Waals surface area contributed by atoms with Crippen LogP contribution in [0.25, 0.3) is 0 Å². The van der Waals surface area contributed by atoms with Crippen LogP contribution in [0.15, 0.2) is 12.1 Å². The summed E-state index contributed by atoms with van der Waals surface area (Å²) in [7, 11) is 0. The Morgan fingerprint density at radius 2 is 2.11 bits per heavy atom. The first-order valence-corrected chi connectivity index (χ1v) is 5.91. The summed E-state index contributed by atoms with van der Waals surface area (Å²) in [4.78, 5) is 11.0. The molecule has 0 aliphatic carbocycles. The van der Waals surface area contributed by atoms with Crippen molar-refractivity contribution in [1.29, 1.82) is 0 Å². The second-order valence-corrected chi connectivity index (χ2v) is 4.23. The number of anilines is 1. The van der Waals surface area contributed by atoms with E-state index in [1.165, 1.54) is 13.0 Å². The Morgan fingerprint density at radius 1 is 1.44 bits per heavy atom. The number of carbonyl (C=O) groups is 1. The largest absolute Gasteiger partial charge is 0.480 e. The van der Waals surface area contributed by atoms with Crippen LogP contribution in [0.3, 0.4) is 0 Å². The summed E-state index contributed by atoms with van der Waals surface area (Å²) in [6.07, 6.45) is 1.84. The standard InChI is InChI=1S/C13H17F2NO2/c1-3-4-5-10(13(17)18)16-12-9(14)7-6-8(2)11(12)15/h6-7,10,16H,3-5H2,1-2H3,(H,17,18). The van der Waals surface area contributed by atoms with E-state index in [0.717, 1.165) is 12.5 Å². The van der Waals surface area contributed by atoms with Gasteiger partial charge in [-0.05, 0) is 25.0 Å². The second-order valence-electron chi connectivity index (χ2n) is 4.23. The Hall–Kier alpha value is -1.65. The highest BCUT2D eigenvalue weighted by Gasteiger charge is 2.20. The van der Waals surface area contributed by atoms with Crippen LogP contribution >= 0.6 is 0 Å². The first-order chi connectivity index (χ1) is 8.47. The third kappa shape index (κ3) is 3.42. The van der Waals surface area contributed by atoms with Crippen molar-refractivity contribution in [3.8, 4) is 0 Å². The lowest BCUT2D eigenvalue weighted by Crippen LogP contribution is -2.30. The maximum Gasteiger partial charge on any atom is 0.326 e. The van der Waals surface area contributed by atoms with Gasteiger partial charge in [-0.15, -0.1) is 0 Å². The summed E-state index contributed by atoms with van der Waals surface area (Å²) in [6, 6.07) is 1.47. The molecule has 1 aromatic rings. The number of halogens is 2. The maximum atomic E-state index is 13.7. The predicted octanol–water partition coefficient (Wildman–Crippen LogP) is 3.33. The molecule has 1 aromatic carbocycles. The fourth-order valence-corrected chi connectivity index (χ4v) is 1.63. The zero-order chi connectivity index (χ0) is 13.7. The van der Waals surface area contributed by atoms with Crippen LogP contribution in [0, 0.1) is 18.6 Å². The lowest BCUT2D eigenvalue weighted by Gasteiger charge is -2.17. The van der Waals surface area contributed by atoms with Gasteiger partial charge < -0.3 is 10.4 Å². The van der Waals surface area contributed by atoms with E-state index in [1.54, 1.807) is 0 Å². The van der Waals surface area contributed by atoms with E-state index >= 15 is 0 Å². The van der Waals surface area contributed by atoms with Crippen molar-refractivity contribution >= 4 is 11.7 Å². The number of carboxylic acid groups (broad SMARTS) is 1. The van der Waals surface area contributed by atoms with Crippen LogP contribution in [0.1, 0.15) is 31.7 Å². The van der Waals surface area contributed by atoms with Gasteiger partial charge in [0.15, 0.2) is 5.82 Å². The molecule has 3 nitrogen and oxygen atoms in total. The van der Waals surface area contributed by atoms with E-state index < -0.39 is 23.6 Å². The first kappa shape index (κ1) is 14.4. The molecule has 1 unspecified atom stereocenters. The minimum absolute atomic E-state index is 0.276. The molecule has 2 N–H and O–H groups in total. The number of carboxylic acids is 1. The lowest BCUT2D eigenvalue weighted by molar-refractivity contribution is -0.138. The molecule has 0 aromatic heterocycles. The average molecular weight is 257 g/mol. The van der Waals surface area contributed by atoms with Crippen molar-refractivity contribution in [3.05, 3.63) is 29.3 Å². The lowest BCUT2D eigenvalue weighted by atomic mass is 10.1. The van der Waals surface area contributed by atoms with E-state index in [2.05, 4.69) is 5.32 Å². The van der Waals surface area contributed by atoms with Gasteiger partial charge in [0, 0.05) is 0 Å². The van der Waals surface area contributed by atoms with Crippen LogP contribution in [0.2, 0.25) is 0 Å². The summed E-state index contributed by atoms with van der Waals surface area (Å²) in [5, 5.41) is 11.4. The molecule has 0 fully saturated rings. The Labute approximate surface area is 105 Å². The van der Waals surface area contributed by atoms with E-state index in [-0.39, 0.29) is 11.3 Å². The van der Waals surface area contributed by atoms with Crippen LogP contribution in [0.5, 0.6) is 0 Å². The van der Waals surface area contributed by atoms with Crippen molar-refractivity contribution in [3.63, 3.8) is 0 Å². The normalized spacial score (nSPS) is 12.2. The molecule has 0 aliphatic heterocycles. The molecule has 18 heavy (non-hydrogen) atoms. The van der Waals surface area contributed by atoms with E-state index in [4.69, 9.17) is 5.11 Å². The Balaban J connectivity index is 2.93. The summed E-state index contributed by atoms with van der Waals surface area (Å²) < 4.78 is 27.2. The number of aryl methyl sites for hydroxylation is 1. The van der Waals surface area contributed by atoms with Gasteiger partial charge in [-0.2, -0.15) is 0 Å². The van der Waals surface area contributed by atoms with Crippen molar-refractivity contribution in [2.75, 3.05) is 5.32 Å². The number of aliphatic carboxylic acids is 1. The van der Waals surface area contributed by atoms with Crippen LogP contribution in [-0.4, -0.2) is 17.1 Å². The molecule has 5 heteroatoms. The van der Waals surface area contributed by atoms with Crippen molar-refractivity contribution in [1.82, 2.24) is 0 Å². The predicted molar refractivity (Wildman–Crippen MR) is 65.7 cm³/mol. The smallest absolute Gasteiger partial charge is 0.326 e. The SMILES string of the molecule is CCCCC(Nc1c(F)ccc(C)c1F)C(=O)O. The number of hydrogen-bond donors (Lipinski definition) is 2. The van der Waals surface area contributed by atoms with Gasteiger partial charge in [0.1, 0.15) is 17.5 Å². The van der Waals surface area contributed by atoms with E-state index in [0.29, 0.717) is 12.8 Å². The van der Waals surface area contributed by atoms with Gasteiger partial charge in [0.2, 0.25) is 0 Å². The first-order valence-electron chi connectivity index (χ1n) is 5.91. The van der Waals surface area contributed by atoms with Gasteiger partial charge in [-0.25, -0.2) is 13.6 Å². The summed E-state index contributed by atoms with van der Waals surface area (Å²) in [6.45, 7) is 3.43. The molecule has 1 atom stereocenters. The molecular formula is C13H17F2NO2. The molecule has 0 bridgehead atoms. The van der Waals surface area contributed by atoms with Gasteiger partial charge in [0.25, 0.3) is 0 Å². The fourth-order valence-electron chi connectivity index (χ4n) is 1.63. The highest BCUT2D eigenvalue weighted by Crippen LogP contribution is 2.23. The fraction of sp³-hybridized carbons (Fsp3) is 0.462. The quantitative estimate of drug-likeness (QED) is 0.821. The topological polar surface area (TPSA) is 49.3 Å². The molecule has 100 valence electrons. The maximum absolute atomic E-state index is 13.7. The van der Waals surface area contributed by atoms with Gasteiger partial charge in [-0.3, -0.25) is 0 Å². The van der Waals surface area contributed by atoms with Crippen molar-refractivity contribution < 1.29 is 18.7 Å². The zero-order valence-electron chi connectivity index (χ0n) is 10.5. The Morgan fingerprint density at radius 3 is 2.67 bits per heavy atom.